The van der Waals surface area contributed by atoms with Gasteiger partial charge < -0.3 is 9.47 Å². The molecule has 0 aromatic carbocycles. The minimum absolute atomic E-state index is 0.0732. The number of ether oxygens (including phenoxy) is 2. The Kier molecular flexibility index (Phi) is 6.49. The van der Waals surface area contributed by atoms with Crippen LogP contribution in [0.15, 0.2) is 0 Å². The first-order valence-corrected chi connectivity index (χ1v) is 8.68. The summed E-state index contributed by atoms with van der Waals surface area (Å²) in [5, 5.41) is 3.71. The van der Waals surface area contributed by atoms with Gasteiger partial charge in [-0.25, -0.2) is 0 Å². The number of nitrogens with one attached hydrogen (secondary N) is 1. The van der Waals surface area contributed by atoms with Crippen molar-refractivity contribution in [2.45, 2.75) is 88.8 Å². The molecule has 2 unspecified atom stereocenters. The van der Waals surface area contributed by atoms with E-state index in [-0.39, 0.29) is 12.1 Å². The van der Waals surface area contributed by atoms with Crippen molar-refractivity contribution in [3.8, 4) is 0 Å². The van der Waals surface area contributed by atoms with Gasteiger partial charge in [-0.1, -0.05) is 25.7 Å². The standard InChI is InChI=1S/C17H31NO3/c1-3-21-16(19)17(12-8-11-15(13-17)20-2)18-14-9-6-4-5-7-10-14/h14-15,18H,3-13H2,1-2H3. The molecule has 21 heavy (non-hydrogen) atoms. The maximum absolute atomic E-state index is 12.6. The molecule has 122 valence electrons. The van der Waals surface area contributed by atoms with E-state index in [4.69, 9.17) is 9.47 Å². The zero-order valence-electron chi connectivity index (χ0n) is 13.7. The lowest BCUT2D eigenvalue weighted by molar-refractivity contribution is -0.155. The summed E-state index contributed by atoms with van der Waals surface area (Å²) < 4.78 is 10.9. The van der Waals surface area contributed by atoms with Crippen molar-refractivity contribution in [2.75, 3.05) is 13.7 Å². The number of carbonyl (C=O) groups is 1. The molecule has 2 fully saturated rings. The molecule has 0 aromatic rings. The largest absolute Gasteiger partial charge is 0.465 e. The number of methoxy groups -OCH3 is 1. The topological polar surface area (TPSA) is 47.6 Å². The predicted octanol–water partition coefficient (Wildman–Crippen LogP) is 3.19. The Bertz CT molecular complexity index is 326. The molecule has 0 aromatic heterocycles. The van der Waals surface area contributed by atoms with E-state index in [0.29, 0.717) is 12.6 Å². The van der Waals surface area contributed by atoms with Crippen molar-refractivity contribution in [1.82, 2.24) is 5.32 Å². The van der Waals surface area contributed by atoms with Crippen LogP contribution in [0.5, 0.6) is 0 Å². The fourth-order valence-corrected chi connectivity index (χ4v) is 3.88. The molecule has 2 atom stereocenters. The summed E-state index contributed by atoms with van der Waals surface area (Å²) in [6.45, 7) is 2.33. The fourth-order valence-electron chi connectivity index (χ4n) is 3.88. The van der Waals surface area contributed by atoms with Crippen LogP contribution in [0.25, 0.3) is 0 Å². The Labute approximate surface area is 129 Å². The van der Waals surface area contributed by atoms with Crippen molar-refractivity contribution in [2.24, 2.45) is 0 Å². The summed E-state index contributed by atoms with van der Waals surface area (Å²) >= 11 is 0. The van der Waals surface area contributed by atoms with Crippen molar-refractivity contribution in [3.63, 3.8) is 0 Å². The highest BCUT2D eigenvalue weighted by atomic mass is 16.5. The first kappa shape index (κ1) is 16.8. The SMILES string of the molecule is CCOC(=O)C1(NC2CCCCCC2)CCCC(OC)C1. The maximum atomic E-state index is 12.6. The molecule has 0 saturated heterocycles. The van der Waals surface area contributed by atoms with E-state index in [2.05, 4.69) is 5.32 Å². The maximum Gasteiger partial charge on any atom is 0.326 e. The number of hydrogen-bond acceptors (Lipinski definition) is 4. The highest BCUT2D eigenvalue weighted by Crippen LogP contribution is 2.33. The van der Waals surface area contributed by atoms with Crippen LogP contribution in [0.4, 0.5) is 0 Å². The van der Waals surface area contributed by atoms with Gasteiger partial charge in [0, 0.05) is 19.6 Å². The zero-order chi connectivity index (χ0) is 15.1. The summed E-state index contributed by atoms with van der Waals surface area (Å²) in [5.41, 5.74) is -0.524. The Morgan fingerprint density at radius 1 is 1.14 bits per heavy atom. The molecular formula is C17H31NO3. The second-order valence-corrected chi connectivity index (χ2v) is 6.59. The van der Waals surface area contributed by atoms with Crippen LogP contribution in [-0.2, 0) is 14.3 Å². The number of hydrogen-bond donors (Lipinski definition) is 1. The smallest absolute Gasteiger partial charge is 0.326 e. The lowest BCUT2D eigenvalue weighted by Gasteiger charge is -2.41. The predicted molar refractivity (Wildman–Crippen MR) is 83.3 cm³/mol. The molecule has 0 bridgehead atoms. The number of rotatable bonds is 5. The average Bonchev–Trinajstić information content (AvgIpc) is 2.76. The third-order valence-electron chi connectivity index (χ3n) is 5.04. The third kappa shape index (κ3) is 4.43. The molecule has 4 nitrogen and oxygen atoms in total. The van der Waals surface area contributed by atoms with Gasteiger partial charge in [0.1, 0.15) is 5.54 Å². The highest BCUT2D eigenvalue weighted by Gasteiger charge is 2.45. The lowest BCUT2D eigenvalue weighted by Crippen LogP contribution is -2.59. The molecule has 0 spiro atoms. The van der Waals surface area contributed by atoms with Gasteiger partial charge in [-0.15, -0.1) is 0 Å². The second kappa shape index (κ2) is 8.14. The van der Waals surface area contributed by atoms with Crippen LogP contribution < -0.4 is 5.32 Å². The second-order valence-electron chi connectivity index (χ2n) is 6.59. The van der Waals surface area contributed by atoms with Gasteiger partial charge in [0.15, 0.2) is 0 Å². The van der Waals surface area contributed by atoms with Crippen molar-refractivity contribution in [3.05, 3.63) is 0 Å². The molecule has 2 aliphatic rings. The van der Waals surface area contributed by atoms with E-state index in [0.717, 1.165) is 25.7 Å². The van der Waals surface area contributed by atoms with Gasteiger partial charge in [-0.05, 0) is 39.0 Å². The summed E-state index contributed by atoms with van der Waals surface area (Å²) in [6, 6.07) is 0.451. The van der Waals surface area contributed by atoms with E-state index in [1.165, 1.54) is 38.5 Å². The first-order valence-electron chi connectivity index (χ1n) is 8.68. The molecular weight excluding hydrogens is 266 g/mol. The van der Waals surface area contributed by atoms with E-state index in [1.807, 2.05) is 6.92 Å². The van der Waals surface area contributed by atoms with E-state index in [9.17, 15) is 4.79 Å². The van der Waals surface area contributed by atoms with Crippen LogP contribution in [0.2, 0.25) is 0 Å². The zero-order valence-corrected chi connectivity index (χ0v) is 13.7. The average molecular weight is 297 g/mol. The molecule has 0 aliphatic heterocycles. The van der Waals surface area contributed by atoms with Gasteiger partial charge in [-0.2, -0.15) is 0 Å². The molecule has 1 N–H and O–H groups in total. The van der Waals surface area contributed by atoms with Crippen LogP contribution in [0.1, 0.15) is 71.1 Å². The van der Waals surface area contributed by atoms with Gasteiger partial charge in [0.05, 0.1) is 12.7 Å². The molecule has 0 heterocycles. The highest BCUT2D eigenvalue weighted by molar-refractivity contribution is 5.81. The number of carbonyl (C=O) groups excluding carboxylic acids is 1. The summed E-state index contributed by atoms with van der Waals surface area (Å²) in [7, 11) is 1.75. The summed E-state index contributed by atoms with van der Waals surface area (Å²) in [5.74, 6) is -0.0732. The minimum Gasteiger partial charge on any atom is -0.465 e. The normalized spacial score (nSPS) is 31.6. The van der Waals surface area contributed by atoms with E-state index < -0.39 is 5.54 Å². The monoisotopic (exact) mass is 297 g/mol. The van der Waals surface area contributed by atoms with Crippen molar-refractivity contribution in [1.29, 1.82) is 0 Å². The third-order valence-corrected chi connectivity index (χ3v) is 5.04. The van der Waals surface area contributed by atoms with Crippen LogP contribution in [0.3, 0.4) is 0 Å². The lowest BCUT2D eigenvalue weighted by atomic mass is 9.79. The molecule has 2 saturated carbocycles. The molecule has 0 radical (unpaired) electrons. The molecule has 2 aliphatic carbocycles. The molecule has 4 heteroatoms. The van der Waals surface area contributed by atoms with Gasteiger partial charge in [0.25, 0.3) is 0 Å². The summed E-state index contributed by atoms with van der Waals surface area (Å²) in [6.07, 6.45) is 11.4. The van der Waals surface area contributed by atoms with E-state index >= 15 is 0 Å². The summed E-state index contributed by atoms with van der Waals surface area (Å²) in [4.78, 5) is 12.6. The van der Waals surface area contributed by atoms with Crippen molar-refractivity contribution < 1.29 is 14.3 Å². The Morgan fingerprint density at radius 3 is 2.48 bits per heavy atom. The van der Waals surface area contributed by atoms with Gasteiger partial charge in [-0.3, -0.25) is 10.1 Å². The minimum atomic E-state index is -0.524. The van der Waals surface area contributed by atoms with E-state index in [1.54, 1.807) is 7.11 Å². The van der Waals surface area contributed by atoms with Crippen molar-refractivity contribution >= 4 is 5.97 Å². The van der Waals surface area contributed by atoms with Gasteiger partial charge in [0.2, 0.25) is 0 Å². The Balaban J connectivity index is 2.08. The van der Waals surface area contributed by atoms with Crippen LogP contribution >= 0.6 is 0 Å². The molecule has 0 amide bonds. The quantitative estimate of drug-likeness (QED) is 0.625. The van der Waals surface area contributed by atoms with Crippen LogP contribution in [0, 0.1) is 0 Å². The Morgan fingerprint density at radius 2 is 1.86 bits per heavy atom. The fraction of sp³-hybridized carbons (Fsp3) is 0.941. The Hall–Kier alpha value is -0.610. The van der Waals surface area contributed by atoms with Gasteiger partial charge >= 0.3 is 5.97 Å². The number of esters is 1. The first-order chi connectivity index (χ1) is 10.2. The van der Waals surface area contributed by atoms with Crippen LogP contribution in [-0.4, -0.2) is 37.4 Å². The molecule has 2 rings (SSSR count).